The summed E-state index contributed by atoms with van der Waals surface area (Å²) in [5, 5.41) is 0. The molecule has 134 valence electrons. The molecule has 1 aliphatic rings. The molecule has 1 saturated heterocycles. The highest BCUT2D eigenvalue weighted by atomic mass is 32.2. The Morgan fingerprint density at radius 2 is 1.96 bits per heavy atom. The van der Waals surface area contributed by atoms with Gasteiger partial charge in [0.05, 0.1) is 24.2 Å². The summed E-state index contributed by atoms with van der Waals surface area (Å²) in [5.74, 6) is 0. The molecule has 2 aromatic rings. The van der Waals surface area contributed by atoms with Gasteiger partial charge in [0.25, 0.3) is 0 Å². The predicted octanol–water partition coefficient (Wildman–Crippen LogP) is 1.74. The third kappa shape index (κ3) is 4.43. The zero-order chi connectivity index (χ0) is 17.7. The van der Waals surface area contributed by atoms with E-state index < -0.39 is 10.0 Å². The van der Waals surface area contributed by atoms with Gasteiger partial charge in [0.1, 0.15) is 0 Å². The van der Waals surface area contributed by atoms with Gasteiger partial charge >= 0.3 is 0 Å². The molecule has 1 aliphatic heterocycles. The van der Waals surface area contributed by atoms with Crippen LogP contribution in [0.15, 0.2) is 53.7 Å². The van der Waals surface area contributed by atoms with Gasteiger partial charge in [-0.05, 0) is 30.2 Å². The third-order valence-corrected chi connectivity index (χ3v) is 5.99. The Bertz CT molecular complexity index is 790. The summed E-state index contributed by atoms with van der Waals surface area (Å²) < 4.78 is 33.6. The van der Waals surface area contributed by atoms with Crippen molar-refractivity contribution in [3.05, 3.63) is 59.9 Å². The first kappa shape index (κ1) is 18.0. The lowest BCUT2D eigenvalue weighted by atomic mass is 10.1. The second-order valence-electron chi connectivity index (χ2n) is 6.07. The van der Waals surface area contributed by atoms with Crippen molar-refractivity contribution in [3.8, 4) is 0 Å². The van der Waals surface area contributed by atoms with Gasteiger partial charge in [-0.25, -0.2) is 13.1 Å². The molecule has 0 bridgehead atoms. The molecule has 1 N–H and O–H groups in total. The number of aromatic nitrogens is 1. The van der Waals surface area contributed by atoms with Crippen molar-refractivity contribution in [2.45, 2.75) is 17.9 Å². The van der Waals surface area contributed by atoms with Gasteiger partial charge in [0, 0.05) is 32.0 Å². The van der Waals surface area contributed by atoms with Crippen LogP contribution in [0.25, 0.3) is 0 Å². The van der Waals surface area contributed by atoms with Crippen LogP contribution in [0.5, 0.6) is 0 Å². The van der Waals surface area contributed by atoms with Crippen LogP contribution in [0.1, 0.15) is 17.2 Å². The summed E-state index contributed by atoms with van der Waals surface area (Å²) >= 11 is 0. The zero-order valence-corrected chi connectivity index (χ0v) is 15.1. The molecule has 1 aromatic carbocycles. The van der Waals surface area contributed by atoms with E-state index in [0.29, 0.717) is 24.7 Å². The number of pyridine rings is 1. The molecule has 1 fully saturated rings. The maximum Gasteiger partial charge on any atom is 0.240 e. The van der Waals surface area contributed by atoms with Gasteiger partial charge in [-0.1, -0.05) is 24.3 Å². The van der Waals surface area contributed by atoms with Crippen molar-refractivity contribution in [3.63, 3.8) is 0 Å². The van der Waals surface area contributed by atoms with E-state index in [-0.39, 0.29) is 6.04 Å². The minimum atomic E-state index is -3.56. The van der Waals surface area contributed by atoms with Gasteiger partial charge in [0.2, 0.25) is 10.0 Å². The molecular weight excluding hydrogens is 338 g/mol. The van der Waals surface area contributed by atoms with Crippen molar-refractivity contribution in [2.24, 2.45) is 0 Å². The lowest BCUT2D eigenvalue weighted by Gasteiger charge is -2.34. The van der Waals surface area contributed by atoms with Crippen LogP contribution < -0.4 is 4.72 Å². The molecule has 0 amide bonds. The number of ether oxygens (including phenoxy) is 1. The molecule has 0 radical (unpaired) electrons. The molecule has 1 atom stereocenters. The maximum absolute atomic E-state index is 12.7. The molecule has 0 spiro atoms. The van der Waals surface area contributed by atoms with E-state index >= 15 is 0 Å². The van der Waals surface area contributed by atoms with Crippen LogP contribution in [-0.4, -0.2) is 51.1 Å². The lowest BCUT2D eigenvalue weighted by Crippen LogP contribution is -2.43. The number of rotatable bonds is 6. The van der Waals surface area contributed by atoms with Crippen LogP contribution in [0, 0.1) is 6.92 Å². The summed E-state index contributed by atoms with van der Waals surface area (Å²) in [4.78, 5) is 6.74. The molecule has 0 saturated carbocycles. The Kier molecular flexibility index (Phi) is 5.80. The molecule has 2 heterocycles. The van der Waals surface area contributed by atoms with E-state index in [9.17, 15) is 8.42 Å². The van der Waals surface area contributed by atoms with Gasteiger partial charge in [0.15, 0.2) is 0 Å². The fourth-order valence-electron chi connectivity index (χ4n) is 3.04. The fourth-order valence-corrected chi connectivity index (χ4v) is 4.33. The largest absolute Gasteiger partial charge is 0.379 e. The fraction of sp³-hybridized carbons (Fsp3) is 0.389. The minimum Gasteiger partial charge on any atom is -0.379 e. The molecule has 1 aromatic heterocycles. The number of nitrogens with one attached hydrogen (secondary N) is 1. The first-order chi connectivity index (χ1) is 12.1. The number of nitrogens with zero attached hydrogens (tertiary/aromatic N) is 2. The topological polar surface area (TPSA) is 71.5 Å². The van der Waals surface area contributed by atoms with Crippen LogP contribution in [0.3, 0.4) is 0 Å². The predicted molar refractivity (Wildman–Crippen MR) is 95.7 cm³/mol. The third-order valence-electron chi connectivity index (χ3n) is 4.41. The molecular formula is C18H23N3O3S. The van der Waals surface area contributed by atoms with Crippen molar-refractivity contribution in [1.82, 2.24) is 14.6 Å². The first-order valence-corrected chi connectivity index (χ1v) is 9.83. The van der Waals surface area contributed by atoms with E-state index in [2.05, 4.69) is 14.6 Å². The Labute approximate surface area is 148 Å². The van der Waals surface area contributed by atoms with Gasteiger partial charge in [-0.3, -0.25) is 9.88 Å². The van der Waals surface area contributed by atoms with E-state index in [4.69, 9.17) is 4.74 Å². The number of benzene rings is 1. The second-order valence-corrected chi connectivity index (χ2v) is 7.80. The molecule has 6 nitrogen and oxygen atoms in total. The SMILES string of the molecule is Cc1ccccc1S(=O)(=O)NCC(c1cccnc1)N1CCOCC1. The monoisotopic (exact) mass is 361 g/mol. The summed E-state index contributed by atoms with van der Waals surface area (Å²) in [7, 11) is -3.56. The Morgan fingerprint density at radius 3 is 2.64 bits per heavy atom. The Morgan fingerprint density at radius 1 is 1.20 bits per heavy atom. The maximum atomic E-state index is 12.7. The molecule has 0 aliphatic carbocycles. The number of morpholine rings is 1. The van der Waals surface area contributed by atoms with E-state index in [0.717, 1.165) is 24.2 Å². The molecule has 7 heteroatoms. The number of sulfonamides is 1. The van der Waals surface area contributed by atoms with Crippen molar-refractivity contribution < 1.29 is 13.2 Å². The van der Waals surface area contributed by atoms with Crippen molar-refractivity contribution in [1.29, 1.82) is 0 Å². The normalized spacial score (nSPS) is 17.3. The summed E-state index contributed by atoms with van der Waals surface area (Å²) in [5.41, 5.74) is 1.73. The molecule has 1 unspecified atom stereocenters. The minimum absolute atomic E-state index is 0.0728. The van der Waals surface area contributed by atoms with Crippen molar-refractivity contribution >= 4 is 10.0 Å². The summed E-state index contributed by atoms with van der Waals surface area (Å²) in [6.07, 6.45) is 3.51. The average Bonchev–Trinajstić information content (AvgIpc) is 2.64. The molecule has 3 rings (SSSR count). The van der Waals surface area contributed by atoms with Gasteiger partial charge < -0.3 is 4.74 Å². The van der Waals surface area contributed by atoms with E-state index in [1.807, 2.05) is 18.2 Å². The number of hydrogen-bond acceptors (Lipinski definition) is 5. The first-order valence-electron chi connectivity index (χ1n) is 8.35. The highest BCUT2D eigenvalue weighted by Crippen LogP contribution is 2.22. The lowest BCUT2D eigenvalue weighted by molar-refractivity contribution is 0.0171. The smallest absolute Gasteiger partial charge is 0.240 e. The van der Waals surface area contributed by atoms with Crippen LogP contribution in [0.4, 0.5) is 0 Å². The highest BCUT2D eigenvalue weighted by molar-refractivity contribution is 7.89. The van der Waals surface area contributed by atoms with Gasteiger partial charge in [-0.15, -0.1) is 0 Å². The van der Waals surface area contributed by atoms with Gasteiger partial charge in [-0.2, -0.15) is 0 Å². The van der Waals surface area contributed by atoms with E-state index in [1.165, 1.54) is 0 Å². The Balaban J connectivity index is 1.80. The van der Waals surface area contributed by atoms with Crippen LogP contribution in [0.2, 0.25) is 0 Å². The number of aryl methyl sites for hydroxylation is 1. The average molecular weight is 361 g/mol. The quantitative estimate of drug-likeness (QED) is 0.849. The number of hydrogen-bond donors (Lipinski definition) is 1. The Hall–Kier alpha value is -1.80. The van der Waals surface area contributed by atoms with Crippen molar-refractivity contribution in [2.75, 3.05) is 32.8 Å². The van der Waals surface area contributed by atoms with Crippen LogP contribution >= 0.6 is 0 Å². The summed E-state index contributed by atoms with van der Waals surface area (Å²) in [6.45, 7) is 4.94. The zero-order valence-electron chi connectivity index (χ0n) is 14.3. The van der Waals surface area contributed by atoms with E-state index in [1.54, 1.807) is 37.5 Å². The summed E-state index contributed by atoms with van der Waals surface area (Å²) in [6, 6.07) is 10.8. The highest BCUT2D eigenvalue weighted by Gasteiger charge is 2.25. The standard InChI is InChI=1S/C18H23N3O3S/c1-15-5-2-3-7-18(15)25(22,23)20-14-17(16-6-4-8-19-13-16)21-9-11-24-12-10-21/h2-8,13,17,20H,9-12,14H2,1H3. The van der Waals surface area contributed by atoms with Crippen LogP contribution in [-0.2, 0) is 14.8 Å². The second kappa shape index (κ2) is 8.05. The molecule has 25 heavy (non-hydrogen) atoms.